The smallest absolute Gasteiger partial charge is 0.0789 e. The van der Waals surface area contributed by atoms with Crippen molar-refractivity contribution in [1.29, 1.82) is 0 Å². The molecule has 11 rings (SSSR count). The second kappa shape index (κ2) is 9.70. The summed E-state index contributed by atoms with van der Waals surface area (Å²) in [7, 11) is 0. The number of fused-ring (bicyclic) bond motifs is 15. The molecule has 224 valence electrons. The number of rotatable bonds is 2. The van der Waals surface area contributed by atoms with E-state index < -0.39 is 0 Å². The first-order valence-corrected chi connectivity index (χ1v) is 16.9. The van der Waals surface area contributed by atoms with Crippen LogP contribution in [-0.2, 0) is 0 Å². The molecule has 0 saturated heterocycles. The Kier molecular flexibility index (Phi) is 5.25. The van der Waals surface area contributed by atoms with Crippen molar-refractivity contribution < 1.29 is 0 Å². The van der Waals surface area contributed by atoms with Gasteiger partial charge in [0.25, 0.3) is 0 Å². The predicted molar refractivity (Wildman–Crippen MR) is 202 cm³/mol. The van der Waals surface area contributed by atoms with Crippen LogP contribution in [0.1, 0.15) is 23.0 Å². The van der Waals surface area contributed by atoms with Crippen LogP contribution in [0.15, 0.2) is 170 Å². The van der Waals surface area contributed by atoms with Gasteiger partial charge >= 0.3 is 0 Å². The van der Waals surface area contributed by atoms with Crippen LogP contribution in [-0.4, -0.2) is 9.13 Å². The average molecular weight is 611 g/mol. The van der Waals surface area contributed by atoms with Gasteiger partial charge in [0.05, 0.1) is 22.1 Å². The van der Waals surface area contributed by atoms with E-state index in [1.807, 2.05) is 0 Å². The van der Waals surface area contributed by atoms with Gasteiger partial charge in [0.1, 0.15) is 0 Å². The van der Waals surface area contributed by atoms with E-state index in [4.69, 9.17) is 0 Å². The molecule has 2 heterocycles. The fourth-order valence-electron chi connectivity index (χ4n) is 8.87. The monoisotopic (exact) mass is 610 g/mol. The molecule has 0 N–H and O–H groups in total. The fraction of sp³-hybridized carbons (Fsp3) is 0.0435. The highest BCUT2D eigenvalue weighted by molar-refractivity contribution is 6.28. The zero-order chi connectivity index (χ0) is 31.3. The van der Waals surface area contributed by atoms with E-state index in [1.54, 1.807) is 0 Å². The second-order valence-corrected chi connectivity index (χ2v) is 13.2. The molecule has 0 aliphatic heterocycles. The molecule has 2 atom stereocenters. The van der Waals surface area contributed by atoms with Gasteiger partial charge in [0.15, 0.2) is 0 Å². The molecule has 2 aliphatic rings. The molecule has 2 unspecified atom stereocenters. The molecule has 2 aromatic heterocycles. The van der Waals surface area contributed by atoms with Crippen molar-refractivity contribution in [2.24, 2.45) is 0 Å². The minimum Gasteiger partial charge on any atom is -0.307 e. The van der Waals surface area contributed by atoms with Crippen molar-refractivity contribution in [2.75, 3.05) is 0 Å². The Balaban J connectivity index is 1.31. The van der Waals surface area contributed by atoms with Crippen molar-refractivity contribution in [3.8, 4) is 22.5 Å². The van der Waals surface area contributed by atoms with Crippen molar-refractivity contribution in [2.45, 2.75) is 11.8 Å². The highest BCUT2D eigenvalue weighted by Gasteiger charge is 2.32. The van der Waals surface area contributed by atoms with Crippen molar-refractivity contribution >= 4 is 54.4 Å². The zero-order valence-corrected chi connectivity index (χ0v) is 26.2. The van der Waals surface area contributed by atoms with Crippen LogP contribution in [0.25, 0.3) is 76.9 Å². The molecule has 0 amide bonds. The second-order valence-electron chi connectivity index (χ2n) is 13.2. The molecule has 0 fully saturated rings. The van der Waals surface area contributed by atoms with E-state index in [2.05, 4.69) is 179 Å². The molecular weight excluding hydrogens is 581 g/mol. The Labute approximate surface area is 278 Å². The van der Waals surface area contributed by atoms with Crippen molar-refractivity contribution in [3.05, 3.63) is 181 Å². The molecule has 0 radical (unpaired) electrons. The molecule has 9 aromatic rings. The minimum atomic E-state index is 0.340. The largest absolute Gasteiger partial charge is 0.307 e. The van der Waals surface area contributed by atoms with Crippen LogP contribution in [0.4, 0.5) is 0 Å². The summed E-state index contributed by atoms with van der Waals surface area (Å²) in [6.45, 7) is 0. The Morgan fingerprint density at radius 1 is 0.396 bits per heavy atom. The predicted octanol–water partition coefficient (Wildman–Crippen LogP) is 12.0. The normalized spacial score (nSPS) is 16.6. The van der Waals surface area contributed by atoms with Gasteiger partial charge in [-0.15, -0.1) is 0 Å². The van der Waals surface area contributed by atoms with Gasteiger partial charge in [-0.3, -0.25) is 0 Å². The van der Waals surface area contributed by atoms with Crippen molar-refractivity contribution in [1.82, 2.24) is 9.13 Å². The van der Waals surface area contributed by atoms with E-state index in [1.165, 1.54) is 88.0 Å². The number of hydrogen-bond acceptors (Lipinski definition) is 0. The van der Waals surface area contributed by atoms with Crippen LogP contribution >= 0.6 is 0 Å². The van der Waals surface area contributed by atoms with Crippen LogP contribution in [0, 0.1) is 0 Å². The topological polar surface area (TPSA) is 9.86 Å². The van der Waals surface area contributed by atoms with E-state index in [0.29, 0.717) is 11.8 Å². The summed E-state index contributed by atoms with van der Waals surface area (Å²) in [6, 6.07) is 54.0. The number of allylic oxidation sites excluding steroid dienone is 4. The van der Waals surface area contributed by atoms with Gasteiger partial charge in [-0.1, -0.05) is 133 Å². The fourth-order valence-corrected chi connectivity index (χ4v) is 8.87. The molecule has 0 bridgehead atoms. The lowest BCUT2D eigenvalue weighted by Gasteiger charge is -2.34. The summed E-state index contributed by atoms with van der Waals surface area (Å²) in [5.41, 5.74) is 12.7. The van der Waals surface area contributed by atoms with Crippen LogP contribution < -0.4 is 0 Å². The lowest BCUT2D eigenvalue weighted by molar-refractivity contribution is 0.720. The Morgan fingerprint density at radius 3 is 1.94 bits per heavy atom. The summed E-state index contributed by atoms with van der Waals surface area (Å²) in [5.74, 6) is 0.710. The van der Waals surface area contributed by atoms with Gasteiger partial charge in [0, 0.05) is 44.8 Å². The van der Waals surface area contributed by atoms with Gasteiger partial charge < -0.3 is 9.13 Å². The summed E-state index contributed by atoms with van der Waals surface area (Å²) < 4.78 is 5.02. The maximum absolute atomic E-state index is 2.53. The third-order valence-electron chi connectivity index (χ3n) is 10.9. The number of aromatic nitrogens is 2. The van der Waals surface area contributed by atoms with E-state index in [9.17, 15) is 0 Å². The molecule has 48 heavy (non-hydrogen) atoms. The molecule has 2 nitrogen and oxygen atoms in total. The third-order valence-corrected chi connectivity index (χ3v) is 10.9. The Hall–Kier alpha value is -6.12. The Bertz CT molecular complexity index is 2840. The third kappa shape index (κ3) is 3.41. The number of nitrogens with zero attached hydrogens (tertiary/aromatic N) is 2. The average Bonchev–Trinajstić information content (AvgIpc) is 3.68. The van der Waals surface area contributed by atoms with Gasteiger partial charge in [0.2, 0.25) is 0 Å². The Morgan fingerprint density at radius 2 is 1.06 bits per heavy atom. The lowest BCUT2D eigenvalue weighted by Crippen LogP contribution is -2.16. The number of para-hydroxylation sites is 2. The first-order valence-electron chi connectivity index (χ1n) is 16.9. The van der Waals surface area contributed by atoms with Crippen molar-refractivity contribution in [3.63, 3.8) is 0 Å². The van der Waals surface area contributed by atoms with Gasteiger partial charge in [-0.05, 0) is 69.4 Å². The van der Waals surface area contributed by atoms with Gasteiger partial charge in [-0.25, -0.2) is 0 Å². The minimum absolute atomic E-state index is 0.340. The summed E-state index contributed by atoms with van der Waals surface area (Å²) >= 11 is 0. The molecule has 2 heteroatoms. The molecular formula is C46H30N2. The van der Waals surface area contributed by atoms with Gasteiger partial charge in [-0.2, -0.15) is 0 Å². The SMILES string of the molecule is C1=CC2c3ccccc3-c3cc(-n4c5ccccc5c5ccc6c7c8ccccc8ccc7n(-c7ccccc7)c6c54)ccc3C2C=C1. The summed E-state index contributed by atoms with van der Waals surface area (Å²) in [6.07, 6.45) is 9.17. The van der Waals surface area contributed by atoms with Crippen LogP contribution in [0.5, 0.6) is 0 Å². The highest BCUT2D eigenvalue weighted by Crippen LogP contribution is 2.50. The molecule has 0 saturated carbocycles. The van der Waals surface area contributed by atoms with E-state index in [0.717, 1.165) is 0 Å². The summed E-state index contributed by atoms with van der Waals surface area (Å²) in [5, 5.41) is 7.64. The standard InChI is InChI=1S/C46H30N2/c1-2-13-30(14-3-1)47-43-27-22-29-12-4-5-15-32(29)44(43)40-26-25-39-38-20-10-11-21-42(38)48(45(39)46(40)47)31-23-24-37-35-18-7-6-16-33(35)34-17-8-9-19-36(34)41(37)28-31/h1-28,33,35H. The quantitative estimate of drug-likeness (QED) is 0.184. The maximum atomic E-state index is 2.53. The first kappa shape index (κ1) is 26.0. The maximum Gasteiger partial charge on any atom is 0.0789 e. The number of hydrogen-bond donors (Lipinski definition) is 0. The van der Waals surface area contributed by atoms with E-state index in [-0.39, 0.29) is 0 Å². The zero-order valence-electron chi connectivity index (χ0n) is 26.2. The molecule has 2 aliphatic carbocycles. The van der Waals surface area contributed by atoms with E-state index >= 15 is 0 Å². The highest BCUT2D eigenvalue weighted by atomic mass is 15.0. The molecule has 7 aromatic carbocycles. The van der Waals surface area contributed by atoms with Crippen LogP contribution in [0.2, 0.25) is 0 Å². The van der Waals surface area contributed by atoms with Crippen LogP contribution in [0.3, 0.4) is 0 Å². The lowest BCUT2D eigenvalue weighted by atomic mass is 9.70. The number of benzene rings is 7. The summed E-state index contributed by atoms with van der Waals surface area (Å²) in [4.78, 5) is 0. The first-order chi connectivity index (χ1) is 23.8. The molecule has 0 spiro atoms.